The molecular weight excluding hydrogens is 382 g/mol. The van der Waals surface area contributed by atoms with Gasteiger partial charge >= 0.3 is 11.9 Å². The predicted molar refractivity (Wildman–Crippen MR) is 115 cm³/mol. The number of benzene rings is 2. The zero-order valence-corrected chi connectivity index (χ0v) is 17.7. The number of carboxylic acid groups (broad SMARTS) is 1. The van der Waals surface area contributed by atoms with E-state index in [1.54, 1.807) is 20.8 Å². The van der Waals surface area contributed by atoms with Gasteiger partial charge in [0.2, 0.25) is 5.91 Å². The maximum atomic E-state index is 12.3. The van der Waals surface area contributed by atoms with Gasteiger partial charge in [-0.2, -0.15) is 0 Å². The Balaban J connectivity index is 2.07. The van der Waals surface area contributed by atoms with E-state index in [1.807, 2.05) is 54.6 Å². The fourth-order valence-corrected chi connectivity index (χ4v) is 3.03. The van der Waals surface area contributed by atoms with Crippen LogP contribution < -0.4 is 5.32 Å². The molecule has 6 nitrogen and oxygen atoms in total. The zero-order chi connectivity index (χ0) is 22.1. The molecule has 2 aromatic rings. The van der Waals surface area contributed by atoms with Crippen LogP contribution >= 0.6 is 0 Å². The van der Waals surface area contributed by atoms with Crippen molar-refractivity contribution in [1.29, 1.82) is 0 Å². The summed E-state index contributed by atoms with van der Waals surface area (Å²) >= 11 is 0. The molecule has 1 amide bonds. The summed E-state index contributed by atoms with van der Waals surface area (Å²) < 4.78 is 5.38. The molecule has 1 unspecified atom stereocenters. The van der Waals surface area contributed by atoms with Gasteiger partial charge in [-0.15, -0.1) is 0 Å². The highest BCUT2D eigenvalue weighted by Gasteiger charge is 2.22. The van der Waals surface area contributed by atoms with Crippen LogP contribution in [0.25, 0.3) is 11.1 Å². The Hall–Kier alpha value is -3.15. The molecule has 2 N–H and O–H groups in total. The van der Waals surface area contributed by atoms with E-state index in [4.69, 9.17) is 9.84 Å². The van der Waals surface area contributed by atoms with Gasteiger partial charge in [0.15, 0.2) is 0 Å². The van der Waals surface area contributed by atoms with Crippen LogP contribution in [0.4, 0.5) is 0 Å². The second-order valence-corrected chi connectivity index (χ2v) is 8.22. The van der Waals surface area contributed by atoms with E-state index in [0.29, 0.717) is 6.42 Å². The topological polar surface area (TPSA) is 92.7 Å². The molecule has 160 valence electrons. The third-order valence-corrected chi connectivity index (χ3v) is 4.31. The van der Waals surface area contributed by atoms with Gasteiger partial charge in [-0.3, -0.25) is 14.4 Å². The number of rotatable bonds is 9. The standard InChI is InChI=1S/C24H29NO5/c1-24(2,3)30-23(29)16-20(25-21(26)13-14-22(27)28)15-17-9-11-19(12-10-17)18-7-5-4-6-8-18/h4-12,20H,13-16H2,1-3H3,(H,25,26)(H,27,28). The highest BCUT2D eigenvalue weighted by atomic mass is 16.6. The van der Waals surface area contributed by atoms with Crippen LogP contribution in [0.3, 0.4) is 0 Å². The maximum Gasteiger partial charge on any atom is 0.308 e. The third-order valence-electron chi connectivity index (χ3n) is 4.31. The fraction of sp³-hybridized carbons (Fsp3) is 0.375. The molecule has 0 aliphatic heterocycles. The maximum absolute atomic E-state index is 12.3. The summed E-state index contributed by atoms with van der Waals surface area (Å²) in [5.41, 5.74) is 2.53. The van der Waals surface area contributed by atoms with Crippen molar-refractivity contribution in [3.63, 3.8) is 0 Å². The second kappa shape index (κ2) is 10.6. The van der Waals surface area contributed by atoms with Gasteiger partial charge in [-0.05, 0) is 43.9 Å². The van der Waals surface area contributed by atoms with Crippen molar-refractivity contribution >= 4 is 17.8 Å². The molecule has 2 aromatic carbocycles. The van der Waals surface area contributed by atoms with Gasteiger partial charge in [0.05, 0.1) is 12.8 Å². The Bertz CT molecular complexity index is 853. The quantitative estimate of drug-likeness (QED) is 0.609. The predicted octanol–water partition coefficient (Wildman–Crippen LogP) is 3.98. The van der Waals surface area contributed by atoms with Crippen molar-refractivity contribution in [2.45, 2.75) is 58.1 Å². The Morgan fingerprint density at radius 3 is 2.10 bits per heavy atom. The number of carbonyl (C=O) groups is 3. The van der Waals surface area contributed by atoms with Crippen molar-refractivity contribution in [2.24, 2.45) is 0 Å². The van der Waals surface area contributed by atoms with Gasteiger partial charge in [-0.25, -0.2) is 0 Å². The molecule has 0 spiro atoms. The molecule has 0 saturated heterocycles. The monoisotopic (exact) mass is 411 g/mol. The van der Waals surface area contributed by atoms with Crippen LogP contribution in [-0.2, 0) is 25.5 Å². The molecule has 2 rings (SSSR count). The number of esters is 1. The van der Waals surface area contributed by atoms with E-state index >= 15 is 0 Å². The van der Waals surface area contributed by atoms with Crippen molar-refractivity contribution in [1.82, 2.24) is 5.32 Å². The highest BCUT2D eigenvalue weighted by molar-refractivity contribution is 5.81. The van der Waals surface area contributed by atoms with Crippen LogP contribution in [-0.4, -0.2) is 34.6 Å². The molecule has 6 heteroatoms. The Kier molecular flexibility index (Phi) is 8.16. The molecule has 0 radical (unpaired) electrons. The molecule has 0 aromatic heterocycles. The number of hydrogen-bond donors (Lipinski definition) is 2. The van der Waals surface area contributed by atoms with E-state index in [1.165, 1.54) is 0 Å². The van der Waals surface area contributed by atoms with Crippen LogP contribution in [0.1, 0.15) is 45.6 Å². The Morgan fingerprint density at radius 2 is 1.53 bits per heavy atom. The van der Waals surface area contributed by atoms with Gasteiger partial charge < -0.3 is 15.2 Å². The summed E-state index contributed by atoms with van der Waals surface area (Å²) in [6.45, 7) is 5.36. The fourth-order valence-electron chi connectivity index (χ4n) is 3.03. The Labute approximate surface area is 177 Å². The van der Waals surface area contributed by atoms with Crippen LogP contribution in [0.2, 0.25) is 0 Å². The molecule has 1 atom stereocenters. The average molecular weight is 411 g/mol. The first-order valence-electron chi connectivity index (χ1n) is 10.00. The number of nitrogens with one attached hydrogen (secondary N) is 1. The first kappa shape index (κ1) is 23.1. The van der Waals surface area contributed by atoms with Crippen molar-refractivity contribution in [3.8, 4) is 11.1 Å². The molecule has 0 aliphatic rings. The van der Waals surface area contributed by atoms with Gasteiger partial charge in [0.25, 0.3) is 0 Å². The van der Waals surface area contributed by atoms with Crippen LogP contribution in [0.5, 0.6) is 0 Å². The largest absolute Gasteiger partial charge is 0.481 e. The molecule has 0 bridgehead atoms. The molecule has 0 fully saturated rings. The van der Waals surface area contributed by atoms with E-state index in [0.717, 1.165) is 16.7 Å². The van der Waals surface area contributed by atoms with E-state index in [9.17, 15) is 14.4 Å². The average Bonchev–Trinajstić information content (AvgIpc) is 2.66. The minimum Gasteiger partial charge on any atom is -0.481 e. The lowest BCUT2D eigenvalue weighted by Crippen LogP contribution is -2.39. The lowest BCUT2D eigenvalue weighted by atomic mass is 9.99. The summed E-state index contributed by atoms with van der Waals surface area (Å²) in [6, 6.07) is 17.4. The summed E-state index contributed by atoms with van der Waals surface area (Å²) in [5, 5.41) is 11.6. The number of amides is 1. The van der Waals surface area contributed by atoms with Crippen molar-refractivity contribution in [3.05, 3.63) is 60.2 Å². The molecule has 0 heterocycles. The smallest absolute Gasteiger partial charge is 0.308 e. The molecular formula is C24H29NO5. The summed E-state index contributed by atoms with van der Waals surface area (Å²) in [7, 11) is 0. The van der Waals surface area contributed by atoms with E-state index in [2.05, 4.69) is 5.32 Å². The van der Waals surface area contributed by atoms with E-state index < -0.39 is 29.5 Å². The summed E-state index contributed by atoms with van der Waals surface area (Å²) in [6.07, 6.45) is 0.0630. The minimum absolute atomic E-state index is 0.0104. The normalized spacial score (nSPS) is 12.1. The zero-order valence-electron chi connectivity index (χ0n) is 17.7. The lowest BCUT2D eigenvalue weighted by molar-refractivity contribution is -0.155. The number of ether oxygens (including phenoxy) is 1. The Morgan fingerprint density at radius 1 is 0.933 bits per heavy atom. The SMILES string of the molecule is CC(C)(C)OC(=O)CC(Cc1ccc(-c2ccccc2)cc1)NC(=O)CCC(=O)O. The van der Waals surface area contributed by atoms with Gasteiger partial charge in [-0.1, -0.05) is 54.6 Å². The first-order chi connectivity index (χ1) is 14.1. The number of carboxylic acids is 1. The van der Waals surface area contributed by atoms with E-state index in [-0.39, 0.29) is 19.3 Å². The molecule has 0 saturated carbocycles. The molecule has 0 aliphatic carbocycles. The van der Waals surface area contributed by atoms with Crippen molar-refractivity contribution < 1.29 is 24.2 Å². The minimum atomic E-state index is -1.04. The summed E-state index contributed by atoms with van der Waals surface area (Å²) in [4.78, 5) is 35.1. The number of aliphatic carboxylic acids is 1. The number of carbonyl (C=O) groups excluding carboxylic acids is 2. The third kappa shape index (κ3) is 8.47. The first-order valence-corrected chi connectivity index (χ1v) is 10.00. The number of hydrogen-bond acceptors (Lipinski definition) is 4. The van der Waals surface area contributed by atoms with Gasteiger partial charge in [0, 0.05) is 12.5 Å². The van der Waals surface area contributed by atoms with Crippen LogP contribution in [0.15, 0.2) is 54.6 Å². The second-order valence-electron chi connectivity index (χ2n) is 8.22. The van der Waals surface area contributed by atoms with Gasteiger partial charge in [0.1, 0.15) is 5.60 Å². The highest BCUT2D eigenvalue weighted by Crippen LogP contribution is 2.20. The van der Waals surface area contributed by atoms with Crippen molar-refractivity contribution in [2.75, 3.05) is 0 Å². The van der Waals surface area contributed by atoms with Crippen LogP contribution in [0, 0.1) is 0 Å². The lowest BCUT2D eigenvalue weighted by Gasteiger charge is -2.23. The molecule has 30 heavy (non-hydrogen) atoms. The summed E-state index contributed by atoms with van der Waals surface area (Å²) in [5.74, 6) is -1.84.